The van der Waals surface area contributed by atoms with Crippen LogP contribution in [0.25, 0.3) is 0 Å². The average Bonchev–Trinajstić information content (AvgIpc) is 2.41. The van der Waals surface area contributed by atoms with Gasteiger partial charge >= 0.3 is 0 Å². The molecule has 0 aliphatic heterocycles. The van der Waals surface area contributed by atoms with Crippen LogP contribution in [-0.4, -0.2) is 6.10 Å². The molecule has 2 nitrogen and oxygen atoms in total. The Morgan fingerprint density at radius 2 is 1.65 bits per heavy atom. The highest BCUT2D eigenvalue weighted by Crippen LogP contribution is 2.17. The van der Waals surface area contributed by atoms with Gasteiger partial charge in [0.2, 0.25) is 0 Å². The average molecular weight is 269 g/mol. The molecule has 2 heteroatoms. The maximum Gasteiger partial charge on any atom is 0.119 e. The van der Waals surface area contributed by atoms with Crippen LogP contribution in [-0.2, 0) is 6.54 Å². The van der Waals surface area contributed by atoms with Gasteiger partial charge in [0.05, 0.1) is 6.10 Å². The second-order valence-corrected chi connectivity index (χ2v) is 5.46. The number of nitrogens with one attached hydrogen (secondary N) is 1. The fourth-order valence-electron chi connectivity index (χ4n) is 2.01. The third-order valence-corrected chi connectivity index (χ3v) is 3.30. The quantitative estimate of drug-likeness (QED) is 0.849. The number of hydrogen-bond donors (Lipinski definition) is 1. The van der Waals surface area contributed by atoms with Crippen molar-refractivity contribution in [1.82, 2.24) is 0 Å². The van der Waals surface area contributed by atoms with Gasteiger partial charge in [-0.2, -0.15) is 0 Å². The Balaban J connectivity index is 1.95. The Kier molecular flexibility index (Phi) is 4.67. The zero-order valence-electron chi connectivity index (χ0n) is 12.7. The maximum absolute atomic E-state index is 5.64. The van der Waals surface area contributed by atoms with Crippen LogP contribution < -0.4 is 10.1 Å². The topological polar surface area (TPSA) is 21.3 Å². The van der Waals surface area contributed by atoms with Crippen LogP contribution in [0.2, 0.25) is 0 Å². The molecule has 0 fully saturated rings. The largest absolute Gasteiger partial charge is 0.491 e. The summed E-state index contributed by atoms with van der Waals surface area (Å²) in [5, 5.41) is 3.45. The fraction of sp³-hybridized carbons (Fsp3) is 0.333. The lowest BCUT2D eigenvalue weighted by Gasteiger charge is -2.11. The van der Waals surface area contributed by atoms with Crippen molar-refractivity contribution in [2.24, 2.45) is 0 Å². The Labute approximate surface area is 121 Å². The molecule has 0 amide bonds. The molecule has 0 aliphatic carbocycles. The van der Waals surface area contributed by atoms with E-state index < -0.39 is 0 Å². The summed E-state index contributed by atoms with van der Waals surface area (Å²) in [6, 6.07) is 14.7. The third kappa shape index (κ3) is 4.02. The number of ether oxygens (including phenoxy) is 1. The van der Waals surface area contributed by atoms with Gasteiger partial charge in [0.15, 0.2) is 0 Å². The van der Waals surface area contributed by atoms with Crippen molar-refractivity contribution in [1.29, 1.82) is 0 Å². The molecule has 1 N–H and O–H groups in total. The van der Waals surface area contributed by atoms with Crippen molar-refractivity contribution >= 4 is 5.69 Å². The summed E-state index contributed by atoms with van der Waals surface area (Å²) in [5.74, 6) is 0.926. The number of hydrogen-bond acceptors (Lipinski definition) is 2. The molecule has 106 valence electrons. The number of aryl methyl sites for hydroxylation is 2. The van der Waals surface area contributed by atoms with Gasteiger partial charge in [0.25, 0.3) is 0 Å². The van der Waals surface area contributed by atoms with E-state index in [-0.39, 0.29) is 6.10 Å². The van der Waals surface area contributed by atoms with E-state index in [1.165, 1.54) is 16.7 Å². The van der Waals surface area contributed by atoms with Crippen LogP contribution in [0.4, 0.5) is 5.69 Å². The molecule has 0 heterocycles. The highest BCUT2D eigenvalue weighted by atomic mass is 16.5. The minimum Gasteiger partial charge on any atom is -0.491 e. The number of rotatable bonds is 5. The zero-order chi connectivity index (χ0) is 14.5. The van der Waals surface area contributed by atoms with Crippen molar-refractivity contribution in [3.8, 4) is 5.75 Å². The molecule has 0 saturated heterocycles. The summed E-state index contributed by atoms with van der Waals surface area (Å²) >= 11 is 0. The van der Waals surface area contributed by atoms with Gasteiger partial charge in [-0.3, -0.25) is 0 Å². The third-order valence-electron chi connectivity index (χ3n) is 3.30. The number of anilines is 1. The first kappa shape index (κ1) is 14.4. The van der Waals surface area contributed by atoms with E-state index in [1.54, 1.807) is 0 Å². The molecule has 0 aliphatic rings. The second kappa shape index (κ2) is 6.47. The Hall–Kier alpha value is -1.96. The van der Waals surface area contributed by atoms with Crippen LogP contribution in [0, 0.1) is 13.8 Å². The monoisotopic (exact) mass is 269 g/mol. The number of benzene rings is 2. The molecule has 0 atom stereocenters. The molecule has 0 spiro atoms. The van der Waals surface area contributed by atoms with E-state index in [0.717, 1.165) is 18.0 Å². The molecule has 0 bridgehead atoms. The van der Waals surface area contributed by atoms with Gasteiger partial charge in [0, 0.05) is 12.2 Å². The van der Waals surface area contributed by atoms with Gasteiger partial charge < -0.3 is 10.1 Å². The Bertz CT molecular complexity index is 558. The molecule has 2 aromatic carbocycles. The minimum absolute atomic E-state index is 0.217. The highest BCUT2D eigenvalue weighted by molar-refractivity contribution is 5.48. The standard InChI is InChI=1S/C18H23NO/c1-13(2)20-18-9-6-16(7-10-18)12-19-17-8-5-14(3)15(4)11-17/h5-11,13,19H,12H2,1-4H3. The first-order chi connectivity index (χ1) is 9.54. The lowest BCUT2D eigenvalue weighted by molar-refractivity contribution is 0.242. The van der Waals surface area contributed by atoms with E-state index in [9.17, 15) is 0 Å². The van der Waals surface area contributed by atoms with Crippen molar-refractivity contribution in [2.75, 3.05) is 5.32 Å². The minimum atomic E-state index is 0.217. The van der Waals surface area contributed by atoms with Crippen molar-refractivity contribution in [3.05, 3.63) is 59.2 Å². The molecule has 0 unspecified atom stereocenters. The van der Waals surface area contributed by atoms with E-state index in [0.29, 0.717) is 0 Å². The van der Waals surface area contributed by atoms with Crippen LogP contribution >= 0.6 is 0 Å². The molecule has 0 saturated carbocycles. The molecule has 20 heavy (non-hydrogen) atoms. The summed E-state index contributed by atoms with van der Waals surface area (Å²) in [4.78, 5) is 0. The zero-order valence-corrected chi connectivity index (χ0v) is 12.7. The van der Waals surface area contributed by atoms with Crippen molar-refractivity contribution in [2.45, 2.75) is 40.3 Å². The van der Waals surface area contributed by atoms with Crippen LogP contribution in [0.15, 0.2) is 42.5 Å². The Morgan fingerprint density at radius 3 is 2.25 bits per heavy atom. The van der Waals surface area contributed by atoms with E-state index in [2.05, 4.69) is 49.5 Å². The molecule has 0 aromatic heterocycles. The SMILES string of the molecule is Cc1ccc(NCc2ccc(OC(C)C)cc2)cc1C. The molecule has 0 radical (unpaired) electrons. The summed E-state index contributed by atoms with van der Waals surface area (Å²) in [7, 11) is 0. The Morgan fingerprint density at radius 1 is 0.950 bits per heavy atom. The van der Waals surface area contributed by atoms with Gasteiger partial charge in [-0.25, -0.2) is 0 Å². The smallest absolute Gasteiger partial charge is 0.119 e. The summed E-state index contributed by atoms with van der Waals surface area (Å²) < 4.78 is 5.64. The predicted molar refractivity (Wildman–Crippen MR) is 85.4 cm³/mol. The molecule has 2 aromatic rings. The van der Waals surface area contributed by atoms with Gasteiger partial charge in [0.1, 0.15) is 5.75 Å². The lowest BCUT2D eigenvalue weighted by Crippen LogP contribution is -2.05. The summed E-state index contributed by atoms with van der Waals surface area (Å²) in [6.45, 7) is 9.17. The van der Waals surface area contributed by atoms with E-state index in [1.807, 2.05) is 26.0 Å². The van der Waals surface area contributed by atoms with E-state index in [4.69, 9.17) is 4.74 Å². The molecular formula is C18H23NO. The first-order valence-corrected chi connectivity index (χ1v) is 7.11. The molecule has 2 rings (SSSR count). The van der Waals surface area contributed by atoms with Crippen LogP contribution in [0.5, 0.6) is 5.75 Å². The second-order valence-electron chi connectivity index (χ2n) is 5.46. The van der Waals surface area contributed by atoms with Gasteiger partial charge in [-0.05, 0) is 68.7 Å². The van der Waals surface area contributed by atoms with Gasteiger partial charge in [-0.15, -0.1) is 0 Å². The summed E-state index contributed by atoms with van der Waals surface area (Å²) in [6.07, 6.45) is 0.217. The first-order valence-electron chi connectivity index (χ1n) is 7.11. The fourth-order valence-corrected chi connectivity index (χ4v) is 2.01. The van der Waals surface area contributed by atoms with E-state index >= 15 is 0 Å². The normalized spacial score (nSPS) is 10.7. The molecular weight excluding hydrogens is 246 g/mol. The highest BCUT2D eigenvalue weighted by Gasteiger charge is 1.99. The van der Waals surface area contributed by atoms with Crippen LogP contribution in [0.3, 0.4) is 0 Å². The van der Waals surface area contributed by atoms with Crippen molar-refractivity contribution in [3.63, 3.8) is 0 Å². The van der Waals surface area contributed by atoms with Crippen LogP contribution in [0.1, 0.15) is 30.5 Å². The maximum atomic E-state index is 5.64. The van der Waals surface area contributed by atoms with Crippen molar-refractivity contribution < 1.29 is 4.74 Å². The predicted octanol–water partition coefficient (Wildman–Crippen LogP) is 4.70. The summed E-state index contributed by atoms with van der Waals surface area (Å²) in [5.41, 5.74) is 5.05. The van der Waals surface area contributed by atoms with Gasteiger partial charge in [-0.1, -0.05) is 18.2 Å². The lowest BCUT2D eigenvalue weighted by atomic mass is 10.1.